The number of fused-ring (bicyclic) bond motifs is 2. The number of hydrogen-bond acceptors (Lipinski definition) is 7. The largest absolute Gasteiger partial charge is 0.393 e. The van der Waals surface area contributed by atoms with Crippen molar-refractivity contribution in [3.63, 3.8) is 0 Å². The molecule has 5 rings (SSSR count). The number of nitrogens with zero attached hydrogens (tertiary/aromatic N) is 5. The van der Waals surface area contributed by atoms with Crippen LogP contribution in [0.4, 0.5) is 11.5 Å². The monoisotopic (exact) mass is 459 g/mol. The third kappa shape index (κ3) is 3.64. The van der Waals surface area contributed by atoms with Crippen LogP contribution in [0.3, 0.4) is 0 Å². The van der Waals surface area contributed by atoms with Gasteiger partial charge in [0.15, 0.2) is 5.82 Å². The zero-order valence-electron chi connectivity index (χ0n) is 19.5. The Labute approximate surface area is 199 Å². The van der Waals surface area contributed by atoms with E-state index in [4.69, 9.17) is 15.2 Å². The maximum absolute atomic E-state index is 12.2. The van der Waals surface area contributed by atoms with E-state index in [0.29, 0.717) is 39.3 Å². The maximum Gasteiger partial charge on any atom is 0.219 e. The molecule has 3 aliphatic heterocycles. The minimum absolute atomic E-state index is 0.0434. The molecule has 1 amide bonds. The van der Waals surface area contributed by atoms with Crippen LogP contribution >= 0.6 is 0 Å². The normalized spacial score (nSPS) is 19.8. The molecule has 4 heterocycles. The second kappa shape index (κ2) is 8.95. The van der Waals surface area contributed by atoms with E-state index in [1.54, 1.807) is 13.1 Å². The first-order valence-corrected chi connectivity index (χ1v) is 11.7. The number of carbonyl (C=O) groups excluding carboxylic acids is 1. The summed E-state index contributed by atoms with van der Waals surface area (Å²) < 4.78 is 7.55. The summed E-state index contributed by atoms with van der Waals surface area (Å²) in [5.41, 5.74) is 6.13. The lowest BCUT2D eigenvalue weighted by molar-refractivity contribution is -0.129. The fourth-order valence-electron chi connectivity index (χ4n) is 5.15. The van der Waals surface area contributed by atoms with Crippen LogP contribution in [0.25, 0.3) is 5.57 Å². The minimum Gasteiger partial charge on any atom is -0.393 e. The first-order chi connectivity index (χ1) is 16.5. The Balaban J connectivity index is 1.59. The van der Waals surface area contributed by atoms with Crippen molar-refractivity contribution >= 4 is 29.2 Å². The van der Waals surface area contributed by atoms with Crippen LogP contribution in [0.15, 0.2) is 24.4 Å². The van der Waals surface area contributed by atoms with Crippen molar-refractivity contribution in [3.05, 3.63) is 46.8 Å². The van der Waals surface area contributed by atoms with Crippen LogP contribution < -0.4 is 10.2 Å². The molecule has 9 heteroatoms. The summed E-state index contributed by atoms with van der Waals surface area (Å²) in [6.45, 7) is 4.83. The number of carbonyl (C=O) groups is 1. The minimum atomic E-state index is 0.0434. The van der Waals surface area contributed by atoms with E-state index in [1.165, 1.54) is 11.9 Å². The summed E-state index contributed by atoms with van der Waals surface area (Å²) in [5, 5.41) is 25.4. The quantitative estimate of drug-likeness (QED) is 0.643. The smallest absolute Gasteiger partial charge is 0.219 e. The van der Waals surface area contributed by atoms with Gasteiger partial charge >= 0.3 is 0 Å². The van der Waals surface area contributed by atoms with Gasteiger partial charge in [0.1, 0.15) is 0 Å². The predicted octanol–water partition coefficient (Wildman–Crippen LogP) is 2.72. The summed E-state index contributed by atoms with van der Waals surface area (Å²) >= 11 is 0. The molecule has 9 nitrogen and oxygen atoms in total. The van der Waals surface area contributed by atoms with E-state index in [2.05, 4.69) is 33.1 Å². The lowest BCUT2D eigenvalue weighted by atomic mass is 9.95. The lowest BCUT2D eigenvalue weighted by Crippen LogP contribution is -2.37. The van der Waals surface area contributed by atoms with Gasteiger partial charge in [-0.3, -0.25) is 9.48 Å². The molecule has 34 heavy (non-hydrogen) atoms. The number of amides is 1. The van der Waals surface area contributed by atoms with Crippen LogP contribution in [0, 0.1) is 16.7 Å². The van der Waals surface area contributed by atoms with Gasteiger partial charge in [0.2, 0.25) is 5.91 Å². The van der Waals surface area contributed by atoms with Gasteiger partial charge in [-0.05, 0) is 23.3 Å². The molecule has 1 saturated heterocycles. The fourth-order valence-corrected chi connectivity index (χ4v) is 5.15. The Hall–Kier alpha value is -3.64. The topological polar surface area (TPSA) is 110 Å². The van der Waals surface area contributed by atoms with E-state index in [-0.39, 0.29) is 17.9 Å². The average Bonchev–Trinajstić information content (AvgIpc) is 3.34. The molecule has 176 valence electrons. The molecule has 0 aliphatic carbocycles. The van der Waals surface area contributed by atoms with E-state index in [1.807, 2.05) is 18.0 Å². The standard InChI is InChI=1S/C25H29N7O2/c1-16(33)30-8-6-24-22(13-30)25(29-32(24)20-14-34-15-20)31-12-18(5-7-26)21-9-17(3-4-23(21)31)19(10-27)11-28-2/h3-4,9-11,18,20,27-28H,5-6,8,12-15H2,1-2H3/b19-11+,27-10?/t18-/m0/s1. The highest BCUT2D eigenvalue weighted by molar-refractivity contribution is 6.08. The Morgan fingerprint density at radius 2 is 2.24 bits per heavy atom. The maximum atomic E-state index is 12.2. The molecule has 1 aromatic heterocycles. The van der Waals surface area contributed by atoms with Gasteiger partial charge in [0, 0.05) is 80.8 Å². The lowest BCUT2D eigenvalue weighted by Gasteiger charge is -2.31. The van der Waals surface area contributed by atoms with Gasteiger partial charge in [-0.25, -0.2) is 0 Å². The van der Waals surface area contributed by atoms with Gasteiger partial charge in [0.05, 0.1) is 31.9 Å². The Bertz CT molecular complexity index is 1200. The molecule has 0 radical (unpaired) electrons. The number of benzene rings is 1. The number of nitrogens with one attached hydrogen (secondary N) is 2. The van der Waals surface area contributed by atoms with Crippen LogP contribution in [-0.4, -0.2) is 60.2 Å². The average molecular weight is 460 g/mol. The molecule has 1 fully saturated rings. The van der Waals surface area contributed by atoms with Gasteiger partial charge in [-0.2, -0.15) is 10.4 Å². The molecule has 0 spiro atoms. The van der Waals surface area contributed by atoms with Crippen molar-refractivity contribution < 1.29 is 9.53 Å². The molecular weight excluding hydrogens is 430 g/mol. The van der Waals surface area contributed by atoms with Crippen molar-refractivity contribution in [3.8, 4) is 6.07 Å². The van der Waals surface area contributed by atoms with E-state index in [0.717, 1.165) is 40.2 Å². The zero-order valence-corrected chi connectivity index (χ0v) is 19.5. The third-order valence-electron chi connectivity index (χ3n) is 7.02. The summed E-state index contributed by atoms with van der Waals surface area (Å²) in [4.78, 5) is 16.3. The zero-order chi connectivity index (χ0) is 23.8. The molecule has 1 atom stereocenters. The SMILES string of the molecule is CN/C=C(\C=N)c1ccc2c(c1)[C@@H](CC#N)CN2c1nn(C2COC2)c2c1CN(C(C)=O)CC2. The number of allylic oxidation sites excluding steroid dienone is 1. The molecule has 3 aliphatic rings. The van der Waals surface area contributed by atoms with Crippen molar-refractivity contribution in [1.29, 1.82) is 10.7 Å². The summed E-state index contributed by atoms with van der Waals surface area (Å²) in [5.74, 6) is 0.989. The second-order valence-electron chi connectivity index (χ2n) is 9.05. The van der Waals surface area contributed by atoms with Gasteiger partial charge < -0.3 is 25.3 Å². The molecule has 2 aromatic rings. The summed E-state index contributed by atoms with van der Waals surface area (Å²) in [6.07, 6.45) is 4.31. The molecule has 0 bridgehead atoms. The fraction of sp³-hybridized carbons (Fsp3) is 0.440. The van der Waals surface area contributed by atoms with Crippen LogP contribution in [-0.2, 0) is 22.5 Å². The first kappa shape index (κ1) is 22.2. The molecule has 1 aromatic carbocycles. The molecule has 2 N–H and O–H groups in total. The van der Waals surface area contributed by atoms with Crippen molar-refractivity contribution in [1.82, 2.24) is 20.0 Å². The van der Waals surface area contributed by atoms with E-state index < -0.39 is 0 Å². The van der Waals surface area contributed by atoms with Crippen molar-refractivity contribution in [2.45, 2.75) is 38.3 Å². The Kier molecular flexibility index (Phi) is 5.84. The van der Waals surface area contributed by atoms with Gasteiger partial charge in [-0.1, -0.05) is 6.07 Å². The van der Waals surface area contributed by atoms with Crippen LogP contribution in [0.2, 0.25) is 0 Å². The van der Waals surface area contributed by atoms with Gasteiger partial charge in [0.25, 0.3) is 0 Å². The number of aromatic nitrogens is 2. The van der Waals surface area contributed by atoms with Crippen LogP contribution in [0.5, 0.6) is 0 Å². The second-order valence-corrected chi connectivity index (χ2v) is 9.05. The highest BCUT2D eigenvalue weighted by atomic mass is 16.5. The number of rotatable bonds is 6. The Morgan fingerprint density at radius 1 is 1.41 bits per heavy atom. The van der Waals surface area contributed by atoms with Gasteiger partial charge in [-0.15, -0.1) is 0 Å². The van der Waals surface area contributed by atoms with Crippen molar-refractivity contribution in [2.24, 2.45) is 0 Å². The number of anilines is 2. The summed E-state index contributed by atoms with van der Waals surface area (Å²) in [6, 6.07) is 8.75. The van der Waals surface area contributed by atoms with Crippen LogP contribution in [0.1, 0.15) is 47.7 Å². The van der Waals surface area contributed by atoms with E-state index in [9.17, 15) is 10.1 Å². The predicted molar refractivity (Wildman–Crippen MR) is 129 cm³/mol. The summed E-state index contributed by atoms with van der Waals surface area (Å²) in [7, 11) is 1.81. The highest BCUT2D eigenvalue weighted by Crippen LogP contribution is 2.45. The first-order valence-electron chi connectivity index (χ1n) is 11.7. The van der Waals surface area contributed by atoms with E-state index >= 15 is 0 Å². The van der Waals surface area contributed by atoms with Crippen molar-refractivity contribution in [2.75, 3.05) is 38.3 Å². The molecule has 0 saturated carbocycles. The third-order valence-corrected chi connectivity index (χ3v) is 7.02. The molecular formula is C25H29N7O2. The Morgan fingerprint density at radius 3 is 2.88 bits per heavy atom. The number of hydrogen-bond donors (Lipinski definition) is 2. The molecule has 0 unspecified atom stereocenters. The number of ether oxygens (including phenoxy) is 1. The highest BCUT2D eigenvalue weighted by Gasteiger charge is 2.37. The number of nitriles is 1.